The van der Waals surface area contributed by atoms with Crippen molar-refractivity contribution in [2.24, 2.45) is 0 Å². The van der Waals surface area contributed by atoms with Crippen LogP contribution in [0.25, 0.3) is 11.3 Å². The highest BCUT2D eigenvalue weighted by atomic mass is 35.5. The number of carbonyl (C=O) groups is 2. The third kappa shape index (κ3) is 5.29. The molecule has 1 amide bonds. The lowest BCUT2D eigenvalue weighted by atomic mass is 10.1. The van der Waals surface area contributed by atoms with Crippen molar-refractivity contribution in [3.05, 3.63) is 64.9 Å². The summed E-state index contributed by atoms with van der Waals surface area (Å²) in [6, 6.07) is 14.9. The fourth-order valence-corrected chi connectivity index (χ4v) is 3.66. The molecule has 7 nitrogen and oxygen atoms in total. The Kier molecular flexibility index (Phi) is 7.53. The van der Waals surface area contributed by atoms with Gasteiger partial charge in [-0.15, -0.1) is 0 Å². The van der Waals surface area contributed by atoms with Crippen molar-refractivity contribution < 1.29 is 18.8 Å². The smallest absolute Gasteiger partial charge is 0.344 e. The van der Waals surface area contributed by atoms with Gasteiger partial charge in [-0.25, -0.2) is 4.79 Å². The Morgan fingerprint density at radius 2 is 1.84 bits per heavy atom. The first kappa shape index (κ1) is 23.3. The van der Waals surface area contributed by atoms with Crippen LogP contribution >= 0.6 is 11.6 Å². The molecular formula is C24H26ClN3O4. The Balaban J connectivity index is 1.63. The van der Waals surface area contributed by atoms with Gasteiger partial charge >= 0.3 is 5.97 Å². The van der Waals surface area contributed by atoms with E-state index in [0.717, 1.165) is 12.2 Å². The Morgan fingerprint density at radius 3 is 2.47 bits per heavy atom. The van der Waals surface area contributed by atoms with Crippen molar-refractivity contribution in [1.29, 1.82) is 0 Å². The number of carbonyl (C=O) groups excluding carboxylic acids is 2. The molecule has 0 atom stereocenters. The van der Waals surface area contributed by atoms with Crippen LogP contribution in [0.1, 0.15) is 36.9 Å². The molecule has 0 aliphatic carbocycles. The number of anilines is 2. The number of benzene rings is 2. The number of amides is 1. The van der Waals surface area contributed by atoms with E-state index in [2.05, 4.69) is 36.1 Å². The van der Waals surface area contributed by atoms with Gasteiger partial charge in [0.1, 0.15) is 17.0 Å². The number of hydrogen-bond acceptors (Lipinski definition) is 6. The molecule has 3 aromatic rings. The number of nitrogens with one attached hydrogen (secondary N) is 1. The van der Waals surface area contributed by atoms with Crippen LogP contribution in [0.15, 0.2) is 53.1 Å². The fourth-order valence-electron chi connectivity index (χ4n) is 3.43. The molecule has 0 aliphatic heterocycles. The zero-order valence-corrected chi connectivity index (χ0v) is 19.3. The third-order valence-electron chi connectivity index (χ3n) is 4.98. The predicted octanol–water partition coefficient (Wildman–Crippen LogP) is 5.33. The van der Waals surface area contributed by atoms with E-state index in [0.29, 0.717) is 22.3 Å². The Morgan fingerprint density at radius 1 is 1.16 bits per heavy atom. The minimum absolute atomic E-state index is 0.142. The number of ether oxygens (including phenoxy) is 1. The third-order valence-corrected chi connectivity index (χ3v) is 5.31. The van der Waals surface area contributed by atoms with Crippen molar-refractivity contribution in [3.8, 4) is 11.3 Å². The van der Waals surface area contributed by atoms with Gasteiger partial charge in [-0.05, 0) is 58.0 Å². The summed E-state index contributed by atoms with van der Waals surface area (Å²) in [7, 11) is 0. The summed E-state index contributed by atoms with van der Waals surface area (Å²) in [5, 5.41) is 7.10. The number of halogens is 1. The van der Waals surface area contributed by atoms with Gasteiger partial charge < -0.3 is 19.5 Å². The zero-order chi connectivity index (χ0) is 23.3. The van der Waals surface area contributed by atoms with E-state index in [9.17, 15) is 9.59 Å². The molecule has 0 aliphatic rings. The average molecular weight is 456 g/mol. The molecule has 0 radical (unpaired) electrons. The van der Waals surface area contributed by atoms with E-state index in [4.69, 9.17) is 20.9 Å². The van der Waals surface area contributed by atoms with Crippen LogP contribution in [0.3, 0.4) is 0 Å². The van der Waals surface area contributed by atoms with E-state index in [1.807, 2.05) is 24.3 Å². The standard InChI is InChI=1S/C24H26ClN3O4/c1-5-28(15(2)3)18-12-10-17(11-13-18)26-21(29)14-31-24(30)22-16(4)32-27-23(22)19-8-6-7-9-20(19)25/h6-13,15H,5,14H2,1-4H3,(H,26,29). The second-order valence-corrected chi connectivity index (χ2v) is 7.90. The van der Waals surface area contributed by atoms with Crippen LogP contribution in [-0.4, -0.2) is 36.2 Å². The molecule has 0 spiro atoms. The first-order valence-corrected chi connectivity index (χ1v) is 10.7. The lowest BCUT2D eigenvalue weighted by Crippen LogP contribution is -2.30. The summed E-state index contributed by atoms with van der Waals surface area (Å²) in [6.07, 6.45) is 0. The molecule has 1 aromatic heterocycles. The van der Waals surface area contributed by atoms with E-state index in [1.54, 1.807) is 31.2 Å². The summed E-state index contributed by atoms with van der Waals surface area (Å²) < 4.78 is 10.4. The van der Waals surface area contributed by atoms with Gasteiger partial charge in [-0.3, -0.25) is 4.79 Å². The molecule has 1 N–H and O–H groups in total. The first-order chi connectivity index (χ1) is 15.3. The SMILES string of the molecule is CCN(c1ccc(NC(=O)COC(=O)c2c(-c3ccccc3Cl)noc2C)cc1)C(C)C. The maximum Gasteiger partial charge on any atom is 0.344 e. The van der Waals surface area contributed by atoms with Crippen LogP contribution < -0.4 is 10.2 Å². The summed E-state index contributed by atoms with van der Waals surface area (Å²) in [5.41, 5.74) is 2.66. The summed E-state index contributed by atoms with van der Waals surface area (Å²) in [4.78, 5) is 27.2. The highest BCUT2D eigenvalue weighted by molar-refractivity contribution is 6.33. The van der Waals surface area contributed by atoms with Gasteiger partial charge in [0.25, 0.3) is 5.91 Å². The number of nitrogens with zero attached hydrogens (tertiary/aromatic N) is 2. The van der Waals surface area contributed by atoms with E-state index >= 15 is 0 Å². The largest absolute Gasteiger partial charge is 0.452 e. The molecule has 0 bridgehead atoms. The first-order valence-electron chi connectivity index (χ1n) is 10.4. The normalized spacial score (nSPS) is 10.8. The Hall–Kier alpha value is -3.32. The summed E-state index contributed by atoms with van der Waals surface area (Å²) in [5.74, 6) is -0.873. The molecule has 32 heavy (non-hydrogen) atoms. The number of aromatic nitrogens is 1. The highest BCUT2D eigenvalue weighted by Crippen LogP contribution is 2.31. The number of aryl methyl sites for hydroxylation is 1. The molecule has 2 aromatic carbocycles. The Labute approximate surface area is 192 Å². The molecule has 3 rings (SSSR count). The maximum atomic E-state index is 12.7. The summed E-state index contributed by atoms with van der Waals surface area (Å²) in [6.45, 7) is 8.39. The number of hydrogen-bond donors (Lipinski definition) is 1. The van der Waals surface area contributed by atoms with Crippen molar-refractivity contribution >= 4 is 34.9 Å². The van der Waals surface area contributed by atoms with E-state index in [-0.39, 0.29) is 17.0 Å². The second kappa shape index (κ2) is 10.3. The molecule has 0 saturated heterocycles. The molecule has 1 heterocycles. The zero-order valence-electron chi connectivity index (χ0n) is 18.5. The van der Waals surface area contributed by atoms with E-state index < -0.39 is 18.5 Å². The topological polar surface area (TPSA) is 84.7 Å². The minimum Gasteiger partial charge on any atom is -0.452 e. The molecular weight excluding hydrogens is 430 g/mol. The highest BCUT2D eigenvalue weighted by Gasteiger charge is 2.25. The second-order valence-electron chi connectivity index (χ2n) is 7.49. The lowest BCUT2D eigenvalue weighted by Gasteiger charge is -2.27. The summed E-state index contributed by atoms with van der Waals surface area (Å²) >= 11 is 6.22. The molecule has 0 fully saturated rings. The van der Waals surface area contributed by atoms with Crippen LogP contribution in [-0.2, 0) is 9.53 Å². The molecule has 168 valence electrons. The average Bonchev–Trinajstić information content (AvgIpc) is 3.15. The van der Waals surface area contributed by atoms with Crippen molar-refractivity contribution in [2.75, 3.05) is 23.4 Å². The van der Waals surface area contributed by atoms with Crippen molar-refractivity contribution in [1.82, 2.24) is 5.16 Å². The van der Waals surface area contributed by atoms with Crippen molar-refractivity contribution in [3.63, 3.8) is 0 Å². The van der Waals surface area contributed by atoms with Crippen LogP contribution in [0, 0.1) is 6.92 Å². The van der Waals surface area contributed by atoms with Gasteiger partial charge in [-0.2, -0.15) is 0 Å². The van der Waals surface area contributed by atoms with Gasteiger partial charge in [0.15, 0.2) is 6.61 Å². The van der Waals surface area contributed by atoms with Crippen LogP contribution in [0.5, 0.6) is 0 Å². The molecule has 0 saturated carbocycles. The number of rotatable bonds is 8. The lowest BCUT2D eigenvalue weighted by molar-refractivity contribution is -0.119. The van der Waals surface area contributed by atoms with Gasteiger partial charge in [0.05, 0.1) is 5.02 Å². The van der Waals surface area contributed by atoms with Gasteiger partial charge in [0, 0.05) is 29.5 Å². The monoisotopic (exact) mass is 455 g/mol. The Bertz CT molecular complexity index is 1090. The maximum absolute atomic E-state index is 12.7. The van der Waals surface area contributed by atoms with Gasteiger partial charge in [-0.1, -0.05) is 35.0 Å². The van der Waals surface area contributed by atoms with Gasteiger partial charge in [0.2, 0.25) is 0 Å². The number of esters is 1. The molecule has 0 unspecified atom stereocenters. The molecule has 8 heteroatoms. The van der Waals surface area contributed by atoms with Crippen LogP contribution in [0.4, 0.5) is 11.4 Å². The minimum atomic E-state index is -0.709. The van der Waals surface area contributed by atoms with E-state index in [1.165, 1.54) is 0 Å². The van der Waals surface area contributed by atoms with Crippen molar-refractivity contribution in [2.45, 2.75) is 33.7 Å². The fraction of sp³-hybridized carbons (Fsp3) is 0.292. The quantitative estimate of drug-likeness (QED) is 0.462. The van der Waals surface area contributed by atoms with Crippen LogP contribution in [0.2, 0.25) is 5.02 Å². The predicted molar refractivity (Wildman–Crippen MR) is 125 cm³/mol.